The molecule has 2 aliphatic heterocycles. The lowest BCUT2D eigenvalue weighted by Crippen LogP contribution is -2.48. The molecule has 0 aliphatic carbocycles. The number of nitrogens with one attached hydrogen (secondary N) is 1. The van der Waals surface area contributed by atoms with Crippen molar-refractivity contribution < 1.29 is 19.1 Å². The maximum absolute atomic E-state index is 12.4. The zero-order valence-electron chi connectivity index (χ0n) is 15.9. The molecule has 1 unspecified atom stereocenters. The molecule has 2 heterocycles. The van der Waals surface area contributed by atoms with Crippen LogP contribution in [-0.4, -0.2) is 61.5 Å². The molecule has 27 heavy (non-hydrogen) atoms. The zero-order chi connectivity index (χ0) is 19.4. The van der Waals surface area contributed by atoms with E-state index >= 15 is 0 Å². The molecule has 7 nitrogen and oxygen atoms in total. The van der Waals surface area contributed by atoms with Crippen molar-refractivity contribution in [1.29, 1.82) is 0 Å². The van der Waals surface area contributed by atoms with Crippen LogP contribution in [0.5, 0.6) is 0 Å². The van der Waals surface area contributed by atoms with Crippen LogP contribution in [-0.2, 0) is 14.3 Å². The van der Waals surface area contributed by atoms with Crippen molar-refractivity contribution in [3.63, 3.8) is 0 Å². The Balaban J connectivity index is 1.52. The Labute approximate surface area is 159 Å². The van der Waals surface area contributed by atoms with Crippen LogP contribution in [0.2, 0.25) is 0 Å². The van der Waals surface area contributed by atoms with Crippen LogP contribution in [0.25, 0.3) is 0 Å². The van der Waals surface area contributed by atoms with Gasteiger partial charge in [-0.15, -0.1) is 0 Å². The Kier molecular flexibility index (Phi) is 6.23. The molecule has 0 saturated carbocycles. The molecule has 146 valence electrons. The quantitative estimate of drug-likeness (QED) is 0.763. The first-order valence-electron chi connectivity index (χ1n) is 9.52. The minimum Gasteiger partial charge on any atom is -0.374 e. The van der Waals surface area contributed by atoms with Gasteiger partial charge in [-0.1, -0.05) is 13.8 Å². The monoisotopic (exact) mass is 373 g/mol. The Morgan fingerprint density at radius 2 is 1.85 bits per heavy atom. The van der Waals surface area contributed by atoms with Gasteiger partial charge in [-0.2, -0.15) is 0 Å². The average Bonchev–Trinajstić information content (AvgIpc) is 2.98. The third-order valence-electron chi connectivity index (χ3n) is 4.78. The fourth-order valence-electron chi connectivity index (χ4n) is 3.52. The predicted octanol–water partition coefficient (Wildman–Crippen LogP) is 1.43. The maximum atomic E-state index is 12.4. The van der Waals surface area contributed by atoms with Crippen molar-refractivity contribution in [1.82, 2.24) is 10.2 Å². The summed E-state index contributed by atoms with van der Waals surface area (Å²) >= 11 is 0. The van der Waals surface area contributed by atoms with Crippen molar-refractivity contribution in [2.45, 2.75) is 32.8 Å². The van der Waals surface area contributed by atoms with E-state index in [0.29, 0.717) is 30.3 Å². The molecule has 0 spiro atoms. The van der Waals surface area contributed by atoms with Gasteiger partial charge < -0.3 is 10.1 Å². The van der Waals surface area contributed by atoms with E-state index in [-0.39, 0.29) is 36.7 Å². The number of rotatable bonds is 6. The molecule has 1 aromatic carbocycles. The summed E-state index contributed by atoms with van der Waals surface area (Å²) in [6.45, 7) is 8.30. The average molecular weight is 373 g/mol. The second-order valence-electron chi connectivity index (χ2n) is 7.53. The van der Waals surface area contributed by atoms with Crippen LogP contribution in [0.3, 0.4) is 0 Å². The molecule has 2 aliphatic rings. The minimum atomic E-state index is -0.197. The third-order valence-corrected chi connectivity index (χ3v) is 4.78. The Hall–Kier alpha value is -2.25. The molecule has 3 amide bonds. The normalized spacial score (nSPS) is 21.1. The Morgan fingerprint density at radius 3 is 2.48 bits per heavy atom. The highest BCUT2D eigenvalue weighted by atomic mass is 16.5. The number of nitrogens with zero attached hydrogens (tertiary/aromatic N) is 2. The molecule has 0 radical (unpaired) electrons. The number of anilines is 1. The number of benzene rings is 1. The molecular weight excluding hydrogens is 346 g/mol. The number of hydrogen-bond donors (Lipinski definition) is 1. The summed E-state index contributed by atoms with van der Waals surface area (Å²) in [5.74, 6) is 0.0200. The molecular formula is C20H27N3O4. The van der Waals surface area contributed by atoms with E-state index in [0.717, 1.165) is 19.6 Å². The molecule has 1 aromatic rings. The minimum absolute atomic E-state index is 0.0134. The lowest BCUT2D eigenvalue weighted by atomic mass is 10.1. The van der Waals surface area contributed by atoms with E-state index in [4.69, 9.17) is 4.74 Å². The van der Waals surface area contributed by atoms with Crippen molar-refractivity contribution >= 4 is 23.4 Å². The van der Waals surface area contributed by atoms with Crippen LogP contribution < -0.4 is 10.2 Å². The molecule has 7 heteroatoms. The largest absolute Gasteiger partial charge is 0.374 e. The van der Waals surface area contributed by atoms with Crippen molar-refractivity contribution in [2.24, 2.45) is 5.92 Å². The number of hydrogen-bond acceptors (Lipinski definition) is 5. The summed E-state index contributed by atoms with van der Waals surface area (Å²) in [5, 5.41) is 2.91. The number of carbonyl (C=O) groups is 3. The highest BCUT2D eigenvalue weighted by molar-refractivity contribution is 6.19. The number of morpholine rings is 1. The SMILES string of the molecule is CC(C)CN1CCOC(CNC(=O)c2ccc(N3C(=O)CCC3=O)cc2)C1. The maximum Gasteiger partial charge on any atom is 0.251 e. The molecule has 1 atom stereocenters. The smallest absolute Gasteiger partial charge is 0.251 e. The topological polar surface area (TPSA) is 79.0 Å². The third kappa shape index (κ3) is 4.93. The number of amides is 3. The predicted molar refractivity (Wildman–Crippen MR) is 102 cm³/mol. The molecule has 1 N–H and O–H groups in total. The highest BCUT2D eigenvalue weighted by Crippen LogP contribution is 2.22. The van der Waals surface area contributed by atoms with Crippen LogP contribution in [0.1, 0.15) is 37.0 Å². The van der Waals surface area contributed by atoms with E-state index in [1.807, 2.05) is 0 Å². The van der Waals surface area contributed by atoms with Crippen LogP contribution >= 0.6 is 0 Å². The van der Waals surface area contributed by atoms with E-state index < -0.39 is 0 Å². The fraction of sp³-hybridized carbons (Fsp3) is 0.550. The van der Waals surface area contributed by atoms with Gasteiger partial charge in [0.25, 0.3) is 5.91 Å². The lowest BCUT2D eigenvalue weighted by molar-refractivity contribution is -0.121. The van der Waals surface area contributed by atoms with Gasteiger partial charge >= 0.3 is 0 Å². The first-order valence-corrected chi connectivity index (χ1v) is 9.52. The van der Waals surface area contributed by atoms with Crippen molar-refractivity contribution in [3.8, 4) is 0 Å². The zero-order valence-corrected chi connectivity index (χ0v) is 15.9. The van der Waals surface area contributed by atoms with Gasteiger partial charge in [-0.3, -0.25) is 24.2 Å². The second kappa shape index (κ2) is 8.63. The molecule has 0 aromatic heterocycles. The highest BCUT2D eigenvalue weighted by Gasteiger charge is 2.30. The van der Waals surface area contributed by atoms with E-state index in [9.17, 15) is 14.4 Å². The molecule has 3 rings (SSSR count). The summed E-state index contributed by atoms with van der Waals surface area (Å²) in [6.07, 6.45) is 0.479. The van der Waals surface area contributed by atoms with Crippen molar-refractivity contribution in [3.05, 3.63) is 29.8 Å². The van der Waals surface area contributed by atoms with E-state index in [1.54, 1.807) is 24.3 Å². The Morgan fingerprint density at radius 1 is 1.19 bits per heavy atom. The molecule has 2 saturated heterocycles. The van der Waals surface area contributed by atoms with E-state index in [2.05, 4.69) is 24.1 Å². The summed E-state index contributed by atoms with van der Waals surface area (Å²) in [6, 6.07) is 6.54. The molecule has 2 fully saturated rings. The van der Waals surface area contributed by atoms with Gasteiger partial charge in [0.1, 0.15) is 0 Å². The number of imide groups is 1. The van der Waals surface area contributed by atoms with Crippen LogP contribution in [0.4, 0.5) is 5.69 Å². The second-order valence-corrected chi connectivity index (χ2v) is 7.53. The van der Waals surface area contributed by atoms with Gasteiger partial charge in [0.2, 0.25) is 11.8 Å². The molecule has 0 bridgehead atoms. The first kappa shape index (κ1) is 19.5. The summed E-state index contributed by atoms with van der Waals surface area (Å²) in [7, 11) is 0. The number of ether oxygens (including phenoxy) is 1. The lowest BCUT2D eigenvalue weighted by Gasteiger charge is -2.33. The fourth-order valence-corrected chi connectivity index (χ4v) is 3.52. The first-order chi connectivity index (χ1) is 12.9. The standard InChI is InChI=1S/C20H27N3O4/c1-14(2)12-22-9-10-27-17(13-22)11-21-20(26)15-3-5-16(6-4-15)23-18(24)7-8-19(23)25/h3-6,14,17H,7-13H2,1-2H3,(H,21,26). The summed E-state index contributed by atoms with van der Waals surface area (Å²) in [4.78, 5) is 39.5. The van der Waals surface area contributed by atoms with Gasteiger partial charge in [0.15, 0.2) is 0 Å². The summed E-state index contributed by atoms with van der Waals surface area (Å²) < 4.78 is 5.75. The summed E-state index contributed by atoms with van der Waals surface area (Å²) in [5.41, 5.74) is 1.01. The van der Waals surface area contributed by atoms with Gasteiger partial charge in [0, 0.05) is 44.6 Å². The van der Waals surface area contributed by atoms with Crippen molar-refractivity contribution in [2.75, 3.05) is 37.7 Å². The van der Waals surface area contributed by atoms with Crippen LogP contribution in [0, 0.1) is 5.92 Å². The van der Waals surface area contributed by atoms with Crippen LogP contribution in [0.15, 0.2) is 24.3 Å². The van der Waals surface area contributed by atoms with Gasteiger partial charge in [-0.25, -0.2) is 0 Å². The number of carbonyl (C=O) groups excluding carboxylic acids is 3. The van der Waals surface area contributed by atoms with E-state index in [1.165, 1.54) is 4.90 Å². The van der Waals surface area contributed by atoms with Gasteiger partial charge in [0.05, 0.1) is 18.4 Å². The van der Waals surface area contributed by atoms with Gasteiger partial charge in [-0.05, 0) is 30.2 Å². The Bertz CT molecular complexity index is 686.